The molecule has 0 saturated carbocycles. The fourth-order valence-corrected chi connectivity index (χ4v) is 1.75. The Balaban J connectivity index is 1.79. The first kappa shape index (κ1) is 10.9. The second-order valence-electron chi connectivity index (χ2n) is 4.20. The molecule has 1 amide bonds. The zero-order valence-corrected chi connectivity index (χ0v) is 9.71. The van der Waals surface area contributed by atoms with Crippen LogP contribution < -0.4 is 10.6 Å². The van der Waals surface area contributed by atoms with Gasteiger partial charge >= 0.3 is 0 Å². The first-order chi connectivity index (χ1) is 8.83. The van der Waals surface area contributed by atoms with Crippen LogP contribution in [0.5, 0.6) is 0 Å². The van der Waals surface area contributed by atoms with E-state index in [-0.39, 0.29) is 11.9 Å². The first-order valence-corrected chi connectivity index (χ1v) is 5.79. The Labute approximate surface area is 104 Å². The maximum Gasteiger partial charge on any atom is 0.251 e. The molecule has 18 heavy (non-hydrogen) atoms. The summed E-state index contributed by atoms with van der Waals surface area (Å²) in [6, 6.07) is 3.70. The van der Waals surface area contributed by atoms with E-state index in [4.69, 9.17) is 0 Å². The Bertz CT molecular complexity index is 547. The molecule has 2 aromatic rings. The topological polar surface area (TPSA) is 71.8 Å². The summed E-state index contributed by atoms with van der Waals surface area (Å²) in [6.07, 6.45) is 6.75. The van der Waals surface area contributed by atoms with Crippen molar-refractivity contribution in [2.24, 2.45) is 0 Å². The number of nitrogens with one attached hydrogen (secondary N) is 2. The lowest BCUT2D eigenvalue weighted by Crippen LogP contribution is -2.56. The summed E-state index contributed by atoms with van der Waals surface area (Å²) in [5.41, 5.74) is 0.612. The minimum atomic E-state index is -0.0646. The Hall–Kier alpha value is -2.21. The molecule has 6 nitrogen and oxygen atoms in total. The molecule has 92 valence electrons. The van der Waals surface area contributed by atoms with Gasteiger partial charge in [-0.25, -0.2) is 9.97 Å². The van der Waals surface area contributed by atoms with Crippen molar-refractivity contribution in [3.8, 4) is 5.82 Å². The molecule has 0 radical (unpaired) electrons. The number of amides is 1. The van der Waals surface area contributed by atoms with E-state index in [0.717, 1.165) is 13.1 Å². The molecule has 0 unspecified atom stereocenters. The van der Waals surface area contributed by atoms with Crippen molar-refractivity contribution in [2.45, 2.75) is 6.04 Å². The molecule has 3 rings (SSSR count). The largest absolute Gasteiger partial charge is 0.347 e. The molecule has 2 N–H and O–H groups in total. The molecule has 1 saturated heterocycles. The molecule has 0 atom stereocenters. The highest BCUT2D eigenvalue weighted by atomic mass is 16.1. The average molecular weight is 243 g/mol. The number of hydrogen-bond acceptors (Lipinski definition) is 4. The Morgan fingerprint density at radius 1 is 1.44 bits per heavy atom. The van der Waals surface area contributed by atoms with Gasteiger partial charge in [0.05, 0.1) is 6.04 Å². The zero-order valence-electron chi connectivity index (χ0n) is 9.71. The summed E-state index contributed by atoms with van der Waals surface area (Å²) < 4.78 is 1.77. The lowest BCUT2D eigenvalue weighted by Gasteiger charge is -2.27. The summed E-state index contributed by atoms with van der Waals surface area (Å²) in [4.78, 5) is 20.1. The quantitative estimate of drug-likeness (QED) is 0.794. The van der Waals surface area contributed by atoms with E-state index in [9.17, 15) is 4.79 Å². The van der Waals surface area contributed by atoms with E-state index >= 15 is 0 Å². The number of nitrogens with zero attached hydrogens (tertiary/aromatic N) is 3. The lowest BCUT2D eigenvalue weighted by atomic mass is 10.1. The highest BCUT2D eigenvalue weighted by molar-refractivity contribution is 5.94. The van der Waals surface area contributed by atoms with Crippen molar-refractivity contribution >= 4 is 5.91 Å². The van der Waals surface area contributed by atoms with Crippen LogP contribution in [0, 0.1) is 0 Å². The monoisotopic (exact) mass is 243 g/mol. The highest BCUT2D eigenvalue weighted by Gasteiger charge is 2.19. The molecule has 0 spiro atoms. The third kappa shape index (κ3) is 2.10. The fraction of sp³-hybridized carbons (Fsp3) is 0.250. The normalized spacial score (nSPS) is 15.1. The number of hydrogen-bond donors (Lipinski definition) is 2. The molecule has 0 aromatic carbocycles. The van der Waals surface area contributed by atoms with Crippen LogP contribution in [0.4, 0.5) is 0 Å². The number of aromatic nitrogens is 3. The number of rotatable bonds is 3. The van der Waals surface area contributed by atoms with Crippen LogP contribution in [0.2, 0.25) is 0 Å². The molecule has 1 fully saturated rings. The Morgan fingerprint density at radius 3 is 3.00 bits per heavy atom. The summed E-state index contributed by atoms with van der Waals surface area (Å²) in [5.74, 6) is 0.622. The fourth-order valence-electron chi connectivity index (χ4n) is 1.75. The molecule has 0 aliphatic carbocycles. The van der Waals surface area contributed by atoms with E-state index in [0.29, 0.717) is 11.4 Å². The second kappa shape index (κ2) is 4.58. The number of carbonyl (C=O) groups is 1. The number of carbonyl (C=O) groups excluding carboxylic acids is 1. The van der Waals surface area contributed by atoms with Gasteiger partial charge in [-0.05, 0) is 12.1 Å². The van der Waals surface area contributed by atoms with Gasteiger partial charge in [0.2, 0.25) is 0 Å². The molecular formula is C12H13N5O. The maximum atomic E-state index is 12.0. The smallest absolute Gasteiger partial charge is 0.251 e. The van der Waals surface area contributed by atoms with Crippen molar-refractivity contribution in [1.29, 1.82) is 0 Å². The lowest BCUT2D eigenvalue weighted by molar-refractivity contribution is 0.0924. The standard InChI is InChI=1S/C12H13N5O/c18-12(16-10-6-14-7-10)9-1-2-15-11(5-9)17-4-3-13-8-17/h1-5,8,10,14H,6-7H2,(H,16,18). The molecule has 1 aliphatic rings. The van der Waals surface area contributed by atoms with Crippen molar-refractivity contribution in [2.75, 3.05) is 13.1 Å². The van der Waals surface area contributed by atoms with E-state index in [1.165, 1.54) is 0 Å². The van der Waals surface area contributed by atoms with Gasteiger partial charge in [0.1, 0.15) is 12.1 Å². The third-order valence-corrected chi connectivity index (χ3v) is 2.89. The van der Waals surface area contributed by atoms with Crippen molar-refractivity contribution in [1.82, 2.24) is 25.2 Å². The van der Waals surface area contributed by atoms with Crippen molar-refractivity contribution in [3.63, 3.8) is 0 Å². The van der Waals surface area contributed by atoms with Gasteiger partial charge in [-0.3, -0.25) is 9.36 Å². The summed E-state index contributed by atoms with van der Waals surface area (Å²) >= 11 is 0. The molecule has 3 heterocycles. The second-order valence-corrected chi connectivity index (χ2v) is 4.20. The van der Waals surface area contributed by atoms with Gasteiger partial charge in [-0.15, -0.1) is 0 Å². The van der Waals surface area contributed by atoms with Crippen molar-refractivity contribution < 1.29 is 4.79 Å². The molecular weight excluding hydrogens is 230 g/mol. The zero-order chi connectivity index (χ0) is 12.4. The van der Waals surface area contributed by atoms with E-state index in [2.05, 4.69) is 20.6 Å². The van der Waals surface area contributed by atoms with Gasteiger partial charge < -0.3 is 10.6 Å². The van der Waals surface area contributed by atoms with Crippen LogP contribution in [0.25, 0.3) is 5.82 Å². The van der Waals surface area contributed by atoms with Gasteiger partial charge in [-0.2, -0.15) is 0 Å². The van der Waals surface area contributed by atoms with Crippen LogP contribution in [0.1, 0.15) is 10.4 Å². The third-order valence-electron chi connectivity index (χ3n) is 2.89. The predicted molar refractivity (Wildman–Crippen MR) is 65.5 cm³/mol. The number of pyridine rings is 1. The van der Waals surface area contributed by atoms with Crippen LogP contribution in [0.3, 0.4) is 0 Å². The van der Waals surface area contributed by atoms with Gasteiger partial charge in [0.15, 0.2) is 0 Å². The summed E-state index contributed by atoms with van der Waals surface area (Å²) in [7, 11) is 0. The summed E-state index contributed by atoms with van der Waals surface area (Å²) in [5, 5.41) is 6.06. The maximum absolute atomic E-state index is 12.0. The van der Waals surface area contributed by atoms with Crippen LogP contribution in [-0.4, -0.2) is 39.6 Å². The van der Waals surface area contributed by atoms with Crippen LogP contribution in [0.15, 0.2) is 37.1 Å². The van der Waals surface area contributed by atoms with E-state index < -0.39 is 0 Å². The van der Waals surface area contributed by atoms with Crippen LogP contribution >= 0.6 is 0 Å². The van der Waals surface area contributed by atoms with E-state index in [1.54, 1.807) is 41.6 Å². The van der Waals surface area contributed by atoms with E-state index in [1.807, 2.05) is 0 Å². The van der Waals surface area contributed by atoms with Crippen LogP contribution in [-0.2, 0) is 0 Å². The Kier molecular flexibility index (Phi) is 2.77. The van der Waals surface area contributed by atoms with Crippen molar-refractivity contribution in [3.05, 3.63) is 42.6 Å². The molecule has 1 aliphatic heterocycles. The average Bonchev–Trinajstić information content (AvgIpc) is 2.87. The Morgan fingerprint density at radius 2 is 2.33 bits per heavy atom. The van der Waals surface area contributed by atoms with Gasteiger partial charge in [0, 0.05) is 37.2 Å². The predicted octanol–water partition coefficient (Wildman–Crippen LogP) is -0.0311. The molecule has 0 bridgehead atoms. The SMILES string of the molecule is O=C(NC1CNC1)c1ccnc(-n2ccnc2)c1. The molecule has 2 aromatic heterocycles. The minimum Gasteiger partial charge on any atom is -0.347 e. The number of imidazole rings is 1. The summed E-state index contributed by atoms with van der Waals surface area (Å²) in [6.45, 7) is 1.68. The van der Waals surface area contributed by atoms with Gasteiger partial charge in [-0.1, -0.05) is 0 Å². The molecule has 6 heteroatoms. The first-order valence-electron chi connectivity index (χ1n) is 5.79. The van der Waals surface area contributed by atoms with Gasteiger partial charge in [0.25, 0.3) is 5.91 Å². The minimum absolute atomic E-state index is 0.0646. The highest BCUT2D eigenvalue weighted by Crippen LogP contribution is 2.07.